The monoisotopic (exact) mass is 354 g/mol. The quantitative estimate of drug-likeness (QED) is 0.612. The van der Waals surface area contributed by atoms with E-state index in [0.29, 0.717) is 35.7 Å². The molecule has 3 rings (SSSR count). The van der Waals surface area contributed by atoms with Crippen molar-refractivity contribution in [2.24, 2.45) is 0 Å². The molecule has 0 saturated heterocycles. The van der Waals surface area contributed by atoms with E-state index in [-0.39, 0.29) is 17.7 Å². The number of nitrogens with one attached hydrogen (secondary N) is 1. The maximum atomic E-state index is 12.2. The highest BCUT2D eigenvalue weighted by molar-refractivity contribution is 7.99. The van der Waals surface area contributed by atoms with Crippen LogP contribution in [-0.2, 0) is 11.3 Å². The summed E-state index contributed by atoms with van der Waals surface area (Å²) in [6, 6.07) is 16.5. The smallest absolute Gasteiger partial charge is 0.261 e. The van der Waals surface area contributed by atoms with E-state index < -0.39 is 0 Å². The first-order valence-electron chi connectivity index (χ1n) is 8.00. The van der Waals surface area contributed by atoms with Crippen LogP contribution in [0.3, 0.4) is 0 Å². The Morgan fingerprint density at radius 1 is 0.920 bits per heavy atom. The highest BCUT2D eigenvalue weighted by atomic mass is 32.2. The highest BCUT2D eigenvalue weighted by Gasteiger charge is 2.34. The fourth-order valence-corrected chi connectivity index (χ4v) is 3.35. The molecule has 25 heavy (non-hydrogen) atoms. The van der Waals surface area contributed by atoms with Gasteiger partial charge in [0.25, 0.3) is 11.8 Å². The SMILES string of the molecule is O=C(CSCCN1C(=O)c2ccccc2C1=O)NCc1ccccc1. The predicted molar refractivity (Wildman–Crippen MR) is 97.4 cm³/mol. The summed E-state index contributed by atoms with van der Waals surface area (Å²) in [6.45, 7) is 0.807. The summed E-state index contributed by atoms with van der Waals surface area (Å²) in [6.07, 6.45) is 0. The van der Waals surface area contributed by atoms with Crippen molar-refractivity contribution >= 4 is 29.5 Å². The Labute approximate surface area is 150 Å². The minimum Gasteiger partial charge on any atom is -0.351 e. The largest absolute Gasteiger partial charge is 0.351 e. The Morgan fingerprint density at radius 2 is 1.52 bits per heavy atom. The number of fused-ring (bicyclic) bond motifs is 1. The van der Waals surface area contributed by atoms with Crippen LogP contribution in [0.5, 0.6) is 0 Å². The van der Waals surface area contributed by atoms with Gasteiger partial charge in [-0.05, 0) is 17.7 Å². The number of benzene rings is 2. The third-order valence-corrected chi connectivity index (χ3v) is 4.84. The van der Waals surface area contributed by atoms with Gasteiger partial charge in [0.1, 0.15) is 0 Å². The molecule has 1 aliphatic rings. The van der Waals surface area contributed by atoms with Gasteiger partial charge in [-0.2, -0.15) is 11.8 Å². The molecule has 0 unspecified atom stereocenters. The maximum absolute atomic E-state index is 12.2. The van der Waals surface area contributed by atoms with Gasteiger partial charge in [-0.25, -0.2) is 0 Å². The Morgan fingerprint density at radius 3 is 2.16 bits per heavy atom. The lowest BCUT2D eigenvalue weighted by molar-refractivity contribution is -0.118. The fourth-order valence-electron chi connectivity index (χ4n) is 2.61. The van der Waals surface area contributed by atoms with Gasteiger partial charge in [0, 0.05) is 18.8 Å². The number of hydrogen-bond donors (Lipinski definition) is 1. The molecule has 5 nitrogen and oxygen atoms in total. The van der Waals surface area contributed by atoms with Gasteiger partial charge in [-0.15, -0.1) is 0 Å². The van der Waals surface area contributed by atoms with E-state index in [9.17, 15) is 14.4 Å². The number of hydrogen-bond acceptors (Lipinski definition) is 4. The van der Waals surface area contributed by atoms with Crippen LogP contribution in [0.1, 0.15) is 26.3 Å². The van der Waals surface area contributed by atoms with Crippen LogP contribution >= 0.6 is 11.8 Å². The summed E-state index contributed by atoms with van der Waals surface area (Å²) in [4.78, 5) is 37.5. The molecule has 0 saturated carbocycles. The first kappa shape index (κ1) is 17.2. The number of thioether (sulfide) groups is 1. The third kappa shape index (κ3) is 4.09. The van der Waals surface area contributed by atoms with Crippen molar-refractivity contribution in [3.8, 4) is 0 Å². The number of nitrogens with zero attached hydrogens (tertiary/aromatic N) is 1. The van der Waals surface area contributed by atoms with E-state index in [1.165, 1.54) is 16.7 Å². The summed E-state index contributed by atoms with van der Waals surface area (Å²) in [5.74, 6) is 0.265. The van der Waals surface area contributed by atoms with E-state index in [4.69, 9.17) is 0 Å². The molecule has 0 radical (unpaired) electrons. The number of imide groups is 1. The second kappa shape index (κ2) is 7.98. The summed E-state index contributed by atoms with van der Waals surface area (Å²) < 4.78 is 0. The standard InChI is InChI=1S/C19H18N2O3S/c22-17(20-12-14-6-2-1-3-7-14)13-25-11-10-21-18(23)15-8-4-5-9-16(15)19(21)24/h1-9H,10-13H2,(H,20,22). The molecular formula is C19H18N2O3S. The zero-order valence-electron chi connectivity index (χ0n) is 13.6. The van der Waals surface area contributed by atoms with Gasteiger partial charge in [0.15, 0.2) is 0 Å². The van der Waals surface area contributed by atoms with Crippen molar-refractivity contribution in [2.45, 2.75) is 6.54 Å². The topological polar surface area (TPSA) is 66.5 Å². The van der Waals surface area contributed by atoms with Crippen molar-refractivity contribution in [3.05, 3.63) is 71.3 Å². The minimum atomic E-state index is -0.255. The van der Waals surface area contributed by atoms with Gasteiger partial charge in [-0.1, -0.05) is 42.5 Å². The highest BCUT2D eigenvalue weighted by Crippen LogP contribution is 2.22. The van der Waals surface area contributed by atoms with E-state index in [0.717, 1.165) is 5.56 Å². The van der Waals surface area contributed by atoms with Crippen LogP contribution in [0.4, 0.5) is 0 Å². The summed E-state index contributed by atoms with van der Waals surface area (Å²) in [5, 5.41) is 2.85. The van der Waals surface area contributed by atoms with Crippen LogP contribution in [0, 0.1) is 0 Å². The Kier molecular flexibility index (Phi) is 5.50. The molecule has 3 amide bonds. The van der Waals surface area contributed by atoms with Crippen molar-refractivity contribution < 1.29 is 14.4 Å². The molecule has 128 valence electrons. The average molecular weight is 354 g/mol. The number of carbonyl (C=O) groups is 3. The lowest BCUT2D eigenvalue weighted by Crippen LogP contribution is -2.32. The first-order valence-corrected chi connectivity index (χ1v) is 9.16. The molecule has 0 atom stereocenters. The number of amides is 3. The summed E-state index contributed by atoms with van der Waals surface area (Å²) in [5.41, 5.74) is 1.96. The van der Waals surface area contributed by atoms with Crippen molar-refractivity contribution in [2.75, 3.05) is 18.1 Å². The van der Waals surface area contributed by atoms with E-state index >= 15 is 0 Å². The summed E-state index contributed by atoms with van der Waals surface area (Å²) >= 11 is 1.41. The second-order valence-electron chi connectivity index (χ2n) is 5.62. The molecule has 1 heterocycles. The Hall–Kier alpha value is -2.60. The minimum absolute atomic E-state index is 0.0591. The van der Waals surface area contributed by atoms with Gasteiger partial charge >= 0.3 is 0 Å². The fraction of sp³-hybridized carbons (Fsp3) is 0.211. The molecule has 0 bridgehead atoms. The average Bonchev–Trinajstić information content (AvgIpc) is 2.89. The molecule has 6 heteroatoms. The van der Waals surface area contributed by atoms with E-state index in [1.807, 2.05) is 30.3 Å². The number of rotatable bonds is 7. The van der Waals surface area contributed by atoms with Crippen LogP contribution in [0.25, 0.3) is 0 Å². The van der Waals surface area contributed by atoms with Gasteiger partial charge < -0.3 is 5.32 Å². The normalized spacial score (nSPS) is 13.0. The van der Waals surface area contributed by atoms with Crippen LogP contribution in [-0.4, -0.2) is 40.7 Å². The Bertz CT molecular complexity index is 757. The molecule has 0 aromatic heterocycles. The molecule has 2 aromatic carbocycles. The molecule has 0 fully saturated rings. The Balaban J connectivity index is 1.40. The predicted octanol–water partition coefficient (Wildman–Crippen LogP) is 2.33. The number of carbonyl (C=O) groups excluding carboxylic acids is 3. The molecule has 0 spiro atoms. The van der Waals surface area contributed by atoms with E-state index in [1.54, 1.807) is 24.3 Å². The summed E-state index contributed by atoms with van der Waals surface area (Å²) in [7, 11) is 0. The van der Waals surface area contributed by atoms with Gasteiger partial charge in [0.2, 0.25) is 5.91 Å². The second-order valence-corrected chi connectivity index (χ2v) is 6.73. The van der Waals surface area contributed by atoms with Crippen LogP contribution in [0.2, 0.25) is 0 Å². The van der Waals surface area contributed by atoms with Crippen LogP contribution < -0.4 is 5.32 Å². The van der Waals surface area contributed by atoms with Crippen molar-refractivity contribution in [1.82, 2.24) is 10.2 Å². The van der Waals surface area contributed by atoms with Gasteiger partial charge in [-0.3, -0.25) is 19.3 Å². The third-order valence-electron chi connectivity index (χ3n) is 3.90. The molecule has 1 N–H and O–H groups in total. The molecule has 1 aliphatic heterocycles. The van der Waals surface area contributed by atoms with Crippen molar-refractivity contribution in [1.29, 1.82) is 0 Å². The van der Waals surface area contributed by atoms with E-state index in [2.05, 4.69) is 5.32 Å². The maximum Gasteiger partial charge on any atom is 0.261 e. The zero-order valence-corrected chi connectivity index (χ0v) is 14.4. The molecular weight excluding hydrogens is 336 g/mol. The first-order chi connectivity index (χ1) is 12.2. The molecule has 0 aliphatic carbocycles. The lowest BCUT2D eigenvalue weighted by atomic mass is 10.1. The molecule has 2 aromatic rings. The van der Waals surface area contributed by atoms with Crippen LogP contribution in [0.15, 0.2) is 54.6 Å². The lowest BCUT2D eigenvalue weighted by Gasteiger charge is -2.13. The van der Waals surface area contributed by atoms with Crippen molar-refractivity contribution in [3.63, 3.8) is 0 Å². The zero-order chi connectivity index (χ0) is 17.6. The van der Waals surface area contributed by atoms with Gasteiger partial charge in [0.05, 0.1) is 16.9 Å².